The van der Waals surface area contributed by atoms with Crippen LogP contribution >= 0.6 is 15.9 Å². The third-order valence-electron chi connectivity index (χ3n) is 2.20. The predicted molar refractivity (Wildman–Crippen MR) is 71.5 cm³/mol. The Balaban J connectivity index is 2.47. The number of hydrogen-bond donors (Lipinski definition) is 3. The Morgan fingerprint density at radius 3 is 2.30 bits per heavy atom. The van der Waals surface area contributed by atoms with E-state index in [1.165, 1.54) is 0 Å². The Hall–Kier alpha value is -2.09. The van der Waals surface area contributed by atoms with Crippen LogP contribution in [0.4, 0.5) is 0 Å². The zero-order chi connectivity index (χ0) is 15.1. The minimum Gasteiger partial charge on any atom is -0.484 e. The number of nitrogens with one attached hydrogen (secondary N) is 1. The molecule has 0 fully saturated rings. The van der Waals surface area contributed by atoms with Crippen molar-refractivity contribution >= 4 is 33.8 Å². The van der Waals surface area contributed by atoms with E-state index in [2.05, 4.69) is 21.2 Å². The molecular formula is C12H12BrNO6. The number of benzene rings is 1. The highest BCUT2D eigenvalue weighted by Crippen LogP contribution is 2.15. The van der Waals surface area contributed by atoms with E-state index < -0.39 is 36.9 Å². The number of carbonyl (C=O) groups is 3. The van der Waals surface area contributed by atoms with Crippen molar-refractivity contribution in [2.24, 2.45) is 0 Å². The van der Waals surface area contributed by atoms with Gasteiger partial charge in [-0.2, -0.15) is 0 Å². The molecule has 1 aromatic rings. The van der Waals surface area contributed by atoms with Crippen LogP contribution in [0.15, 0.2) is 28.7 Å². The minimum absolute atomic E-state index is 0.398. The molecule has 0 saturated carbocycles. The van der Waals surface area contributed by atoms with Crippen molar-refractivity contribution in [3.05, 3.63) is 28.7 Å². The lowest BCUT2D eigenvalue weighted by Crippen LogP contribution is -2.44. The molecule has 3 N–H and O–H groups in total. The molecule has 1 aromatic carbocycles. The first-order chi connectivity index (χ1) is 9.38. The van der Waals surface area contributed by atoms with Crippen LogP contribution in [0.5, 0.6) is 5.75 Å². The quantitative estimate of drug-likeness (QED) is 0.675. The highest BCUT2D eigenvalue weighted by Gasteiger charge is 2.23. The molecule has 0 aromatic heterocycles. The van der Waals surface area contributed by atoms with Gasteiger partial charge in [0, 0.05) is 4.47 Å². The third-order valence-corrected chi connectivity index (χ3v) is 2.72. The van der Waals surface area contributed by atoms with Gasteiger partial charge in [0.15, 0.2) is 6.61 Å². The zero-order valence-electron chi connectivity index (χ0n) is 10.2. The highest BCUT2D eigenvalue weighted by molar-refractivity contribution is 9.10. The molecule has 0 bridgehead atoms. The summed E-state index contributed by atoms with van der Waals surface area (Å²) in [5.41, 5.74) is 0. The molecule has 0 spiro atoms. The molecule has 1 atom stereocenters. The number of carboxylic acid groups (broad SMARTS) is 2. The molecule has 1 rings (SSSR count). The number of amides is 1. The summed E-state index contributed by atoms with van der Waals surface area (Å²) in [5, 5.41) is 19.4. The van der Waals surface area contributed by atoms with Gasteiger partial charge >= 0.3 is 11.9 Å². The van der Waals surface area contributed by atoms with Crippen LogP contribution in [0.2, 0.25) is 0 Å². The first kappa shape index (κ1) is 16.0. The molecule has 1 unspecified atom stereocenters. The van der Waals surface area contributed by atoms with Gasteiger partial charge in [0.25, 0.3) is 5.91 Å². The molecule has 0 aliphatic rings. The van der Waals surface area contributed by atoms with Crippen LogP contribution in [0.3, 0.4) is 0 Å². The summed E-state index contributed by atoms with van der Waals surface area (Å²) in [6, 6.07) is 5.22. The van der Waals surface area contributed by atoms with Crippen LogP contribution in [-0.4, -0.2) is 40.7 Å². The summed E-state index contributed by atoms with van der Waals surface area (Å²) in [4.78, 5) is 32.7. The number of rotatable bonds is 7. The SMILES string of the molecule is O=C(O)CC(NC(=O)COc1ccc(Br)cc1)C(=O)O. The van der Waals surface area contributed by atoms with E-state index in [0.29, 0.717) is 5.75 Å². The predicted octanol–water partition coefficient (Wildman–Crippen LogP) is 0.872. The fourth-order valence-electron chi connectivity index (χ4n) is 1.29. The molecule has 0 heterocycles. The smallest absolute Gasteiger partial charge is 0.326 e. The van der Waals surface area contributed by atoms with Crippen molar-refractivity contribution in [1.29, 1.82) is 0 Å². The van der Waals surface area contributed by atoms with E-state index in [1.807, 2.05) is 0 Å². The van der Waals surface area contributed by atoms with Crippen molar-refractivity contribution < 1.29 is 29.3 Å². The maximum absolute atomic E-state index is 11.5. The van der Waals surface area contributed by atoms with E-state index >= 15 is 0 Å². The van der Waals surface area contributed by atoms with Gasteiger partial charge in [0.2, 0.25) is 0 Å². The Morgan fingerprint density at radius 1 is 1.20 bits per heavy atom. The lowest BCUT2D eigenvalue weighted by molar-refractivity contribution is -0.147. The zero-order valence-corrected chi connectivity index (χ0v) is 11.8. The van der Waals surface area contributed by atoms with Crippen molar-refractivity contribution in [1.82, 2.24) is 5.32 Å². The molecule has 20 heavy (non-hydrogen) atoms. The monoisotopic (exact) mass is 345 g/mol. The summed E-state index contributed by atoms with van der Waals surface area (Å²) in [7, 11) is 0. The van der Waals surface area contributed by atoms with E-state index in [-0.39, 0.29) is 0 Å². The van der Waals surface area contributed by atoms with Crippen LogP contribution in [0.1, 0.15) is 6.42 Å². The maximum atomic E-state index is 11.5. The van der Waals surface area contributed by atoms with Gasteiger partial charge in [-0.1, -0.05) is 15.9 Å². The normalized spacial score (nSPS) is 11.4. The molecule has 7 nitrogen and oxygen atoms in total. The molecule has 8 heteroatoms. The van der Waals surface area contributed by atoms with Gasteiger partial charge < -0.3 is 20.3 Å². The Labute approximate surface area is 122 Å². The van der Waals surface area contributed by atoms with Crippen LogP contribution in [0, 0.1) is 0 Å². The van der Waals surface area contributed by atoms with Gasteiger partial charge in [0.05, 0.1) is 6.42 Å². The largest absolute Gasteiger partial charge is 0.484 e. The fraction of sp³-hybridized carbons (Fsp3) is 0.250. The summed E-state index contributed by atoms with van der Waals surface area (Å²) in [5.74, 6) is -2.99. The Bertz CT molecular complexity index is 501. The van der Waals surface area contributed by atoms with E-state index in [4.69, 9.17) is 14.9 Å². The third kappa shape index (κ3) is 5.70. The summed E-state index contributed by atoms with van der Waals surface area (Å²) in [6.07, 6.45) is -0.695. The first-order valence-electron chi connectivity index (χ1n) is 5.51. The number of carbonyl (C=O) groups excluding carboxylic acids is 1. The molecular weight excluding hydrogens is 334 g/mol. The summed E-state index contributed by atoms with van der Waals surface area (Å²) in [6.45, 7) is -0.398. The molecule has 108 valence electrons. The Kier molecular flexibility index (Phi) is 5.98. The summed E-state index contributed by atoms with van der Waals surface area (Å²) < 4.78 is 5.98. The number of halogens is 1. The molecule has 0 aliphatic carbocycles. The topological polar surface area (TPSA) is 113 Å². The average molecular weight is 346 g/mol. The minimum atomic E-state index is -1.48. The summed E-state index contributed by atoms with van der Waals surface area (Å²) >= 11 is 3.24. The van der Waals surface area contributed by atoms with Crippen molar-refractivity contribution in [3.8, 4) is 5.75 Å². The number of hydrogen-bond acceptors (Lipinski definition) is 4. The lowest BCUT2D eigenvalue weighted by atomic mass is 10.2. The number of ether oxygens (including phenoxy) is 1. The van der Waals surface area contributed by atoms with Crippen LogP contribution in [-0.2, 0) is 14.4 Å². The average Bonchev–Trinajstić information content (AvgIpc) is 2.36. The van der Waals surface area contributed by atoms with E-state index in [0.717, 1.165) is 4.47 Å². The fourth-order valence-corrected chi connectivity index (χ4v) is 1.55. The second-order valence-electron chi connectivity index (χ2n) is 3.80. The van der Waals surface area contributed by atoms with Gasteiger partial charge in [-0.3, -0.25) is 9.59 Å². The van der Waals surface area contributed by atoms with Crippen LogP contribution in [0.25, 0.3) is 0 Å². The van der Waals surface area contributed by atoms with Gasteiger partial charge in [-0.05, 0) is 24.3 Å². The van der Waals surface area contributed by atoms with E-state index in [1.54, 1.807) is 24.3 Å². The maximum Gasteiger partial charge on any atom is 0.326 e. The van der Waals surface area contributed by atoms with Gasteiger partial charge in [-0.15, -0.1) is 0 Å². The molecule has 0 radical (unpaired) electrons. The lowest BCUT2D eigenvalue weighted by Gasteiger charge is -2.12. The second kappa shape index (κ2) is 7.49. The molecule has 1 amide bonds. The van der Waals surface area contributed by atoms with Crippen molar-refractivity contribution in [2.45, 2.75) is 12.5 Å². The standard InChI is InChI=1S/C12H12BrNO6/c13-7-1-3-8(4-2-7)20-6-10(15)14-9(12(18)19)5-11(16)17/h1-4,9H,5-6H2,(H,14,15)(H,16,17)(H,18,19). The van der Waals surface area contributed by atoms with Gasteiger partial charge in [-0.25, -0.2) is 4.79 Å². The van der Waals surface area contributed by atoms with Crippen molar-refractivity contribution in [2.75, 3.05) is 6.61 Å². The Morgan fingerprint density at radius 2 is 1.80 bits per heavy atom. The molecule has 0 aliphatic heterocycles. The number of aliphatic carboxylic acids is 2. The van der Waals surface area contributed by atoms with E-state index in [9.17, 15) is 14.4 Å². The second-order valence-corrected chi connectivity index (χ2v) is 4.71. The number of carboxylic acids is 2. The van der Waals surface area contributed by atoms with Crippen LogP contribution < -0.4 is 10.1 Å². The van der Waals surface area contributed by atoms with Gasteiger partial charge in [0.1, 0.15) is 11.8 Å². The first-order valence-corrected chi connectivity index (χ1v) is 6.30. The molecule has 0 saturated heterocycles. The highest BCUT2D eigenvalue weighted by atomic mass is 79.9. The van der Waals surface area contributed by atoms with Crippen molar-refractivity contribution in [3.63, 3.8) is 0 Å².